The third kappa shape index (κ3) is 4.17. The van der Waals surface area contributed by atoms with Gasteiger partial charge < -0.3 is 5.32 Å². The van der Waals surface area contributed by atoms with Crippen molar-refractivity contribution in [1.29, 1.82) is 0 Å². The molecule has 2 aromatic carbocycles. The number of benzene rings is 2. The van der Waals surface area contributed by atoms with Gasteiger partial charge in [0.25, 0.3) is 0 Å². The van der Waals surface area contributed by atoms with Crippen molar-refractivity contribution in [2.45, 2.75) is 13.3 Å². The number of hydrogen-bond donors (Lipinski definition) is 1. The van der Waals surface area contributed by atoms with Gasteiger partial charge in [0.15, 0.2) is 0 Å². The van der Waals surface area contributed by atoms with Gasteiger partial charge in [-0.25, -0.2) is 4.98 Å². The van der Waals surface area contributed by atoms with Gasteiger partial charge in [-0.15, -0.1) is 11.3 Å². The number of thiazole rings is 1. The number of nitrogens with zero attached hydrogens (tertiary/aromatic N) is 1. The number of para-hydroxylation sites is 1. The number of nitrogens with one attached hydrogen (secondary N) is 1. The number of carbonyl (C=O) groups excluding carboxylic acids is 1. The van der Waals surface area contributed by atoms with Crippen molar-refractivity contribution >= 4 is 45.5 Å². The van der Waals surface area contributed by atoms with Crippen LogP contribution >= 0.6 is 33.9 Å². The average molecular weight is 434 g/mol. The predicted octanol–water partition coefficient (Wildman–Crippen LogP) is 4.90. The molecular weight excluding hydrogens is 419 g/mol. The standard InChI is InChI=1S/C18H15IN2OS/c1-12-4-2-3-5-15(12)20-17(22)10-18-21-16(11-23-18)13-6-8-14(19)9-7-13/h2-9,11H,10H2,1H3,(H,20,22). The second-order valence-corrected chi connectivity index (χ2v) is 7.36. The van der Waals surface area contributed by atoms with Crippen LogP contribution in [0.5, 0.6) is 0 Å². The van der Waals surface area contributed by atoms with Gasteiger partial charge in [0.2, 0.25) is 5.91 Å². The molecule has 0 unspecified atom stereocenters. The minimum absolute atomic E-state index is 0.0391. The number of carbonyl (C=O) groups is 1. The minimum Gasteiger partial charge on any atom is -0.325 e. The van der Waals surface area contributed by atoms with Crippen molar-refractivity contribution in [3.05, 3.63) is 68.1 Å². The van der Waals surface area contributed by atoms with Crippen LogP contribution in [0.25, 0.3) is 11.3 Å². The predicted molar refractivity (Wildman–Crippen MR) is 104 cm³/mol. The molecular formula is C18H15IN2OS. The number of amides is 1. The Kier molecular flexibility index (Phi) is 5.07. The smallest absolute Gasteiger partial charge is 0.231 e. The Morgan fingerprint density at radius 3 is 2.65 bits per heavy atom. The summed E-state index contributed by atoms with van der Waals surface area (Å²) in [7, 11) is 0. The molecule has 0 saturated heterocycles. The van der Waals surface area contributed by atoms with E-state index in [-0.39, 0.29) is 5.91 Å². The number of aromatic nitrogens is 1. The van der Waals surface area contributed by atoms with Gasteiger partial charge in [0, 0.05) is 20.2 Å². The first-order valence-corrected chi connectivity index (χ1v) is 9.13. The lowest BCUT2D eigenvalue weighted by Gasteiger charge is -2.06. The van der Waals surface area contributed by atoms with Gasteiger partial charge in [-0.2, -0.15) is 0 Å². The summed E-state index contributed by atoms with van der Waals surface area (Å²) in [6, 6.07) is 16.0. The third-order valence-corrected chi connectivity index (χ3v) is 4.99. The van der Waals surface area contributed by atoms with Gasteiger partial charge in [-0.05, 0) is 53.3 Å². The molecule has 0 aliphatic heterocycles. The summed E-state index contributed by atoms with van der Waals surface area (Å²) in [5.41, 5.74) is 3.91. The van der Waals surface area contributed by atoms with Crippen LogP contribution in [0.15, 0.2) is 53.9 Å². The fraction of sp³-hybridized carbons (Fsp3) is 0.111. The van der Waals surface area contributed by atoms with Crippen molar-refractivity contribution in [3.63, 3.8) is 0 Å². The molecule has 0 spiro atoms. The second-order valence-electron chi connectivity index (χ2n) is 5.17. The van der Waals surface area contributed by atoms with Crippen molar-refractivity contribution in [2.75, 3.05) is 5.32 Å². The second kappa shape index (κ2) is 7.23. The zero-order valence-corrected chi connectivity index (χ0v) is 15.5. The first-order valence-electron chi connectivity index (χ1n) is 7.17. The third-order valence-electron chi connectivity index (χ3n) is 3.42. The van der Waals surface area contributed by atoms with E-state index in [4.69, 9.17) is 0 Å². The molecule has 116 valence electrons. The van der Waals surface area contributed by atoms with Gasteiger partial charge in [0.05, 0.1) is 12.1 Å². The van der Waals surface area contributed by atoms with Crippen molar-refractivity contribution in [2.24, 2.45) is 0 Å². The molecule has 0 radical (unpaired) electrons. The Morgan fingerprint density at radius 2 is 1.91 bits per heavy atom. The molecule has 3 aromatic rings. The summed E-state index contributed by atoms with van der Waals surface area (Å²) in [6.45, 7) is 1.98. The van der Waals surface area contributed by atoms with Crippen LogP contribution in [0.4, 0.5) is 5.69 Å². The van der Waals surface area contributed by atoms with E-state index in [1.165, 1.54) is 14.9 Å². The fourth-order valence-corrected chi connectivity index (χ4v) is 3.35. The normalized spacial score (nSPS) is 10.5. The molecule has 0 aliphatic rings. The molecule has 0 saturated carbocycles. The fourth-order valence-electron chi connectivity index (χ4n) is 2.19. The SMILES string of the molecule is Cc1ccccc1NC(=O)Cc1nc(-c2ccc(I)cc2)cs1. The molecule has 3 nitrogen and oxygen atoms in total. The highest BCUT2D eigenvalue weighted by molar-refractivity contribution is 14.1. The van der Waals surface area contributed by atoms with E-state index in [0.717, 1.165) is 27.5 Å². The van der Waals surface area contributed by atoms with Crippen LogP contribution in [0.3, 0.4) is 0 Å². The summed E-state index contributed by atoms with van der Waals surface area (Å²) in [4.78, 5) is 16.7. The molecule has 3 rings (SSSR count). The van der Waals surface area contributed by atoms with E-state index in [1.807, 2.05) is 48.7 Å². The van der Waals surface area contributed by atoms with Crippen LogP contribution in [-0.4, -0.2) is 10.9 Å². The number of aryl methyl sites for hydroxylation is 1. The molecule has 1 amide bonds. The van der Waals surface area contributed by atoms with Crippen LogP contribution in [0.2, 0.25) is 0 Å². The topological polar surface area (TPSA) is 42.0 Å². The lowest BCUT2D eigenvalue weighted by atomic mass is 10.2. The maximum absolute atomic E-state index is 12.2. The Hall–Kier alpha value is -1.73. The Morgan fingerprint density at radius 1 is 1.17 bits per heavy atom. The maximum Gasteiger partial charge on any atom is 0.231 e. The van der Waals surface area contributed by atoms with Gasteiger partial charge >= 0.3 is 0 Å². The molecule has 0 atom stereocenters. The lowest BCUT2D eigenvalue weighted by molar-refractivity contribution is -0.115. The maximum atomic E-state index is 12.2. The molecule has 0 bridgehead atoms. The lowest BCUT2D eigenvalue weighted by Crippen LogP contribution is -2.14. The molecule has 1 heterocycles. The van der Waals surface area contributed by atoms with Gasteiger partial charge in [-0.3, -0.25) is 4.79 Å². The molecule has 5 heteroatoms. The Balaban J connectivity index is 1.68. The summed E-state index contributed by atoms with van der Waals surface area (Å²) in [6.07, 6.45) is 0.295. The van der Waals surface area contributed by atoms with E-state index in [1.54, 1.807) is 0 Å². The van der Waals surface area contributed by atoms with Crippen LogP contribution in [-0.2, 0) is 11.2 Å². The molecule has 23 heavy (non-hydrogen) atoms. The zero-order valence-electron chi connectivity index (χ0n) is 12.5. The van der Waals surface area contributed by atoms with E-state index in [2.05, 4.69) is 45.0 Å². The van der Waals surface area contributed by atoms with E-state index in [0.29, 0.717) is 6.42 Å². The summed E-state index contributed by atoms with van der Waals surface area (Å²) < 4.78 is 1.19. The van der Waals surface area contributed by atoms with Crippen LogP contribution < -0.4 is 5.32 Å². The highest BCUT2D eigenvalue weighted by atomic mass is 127. The monoisotopic (exact) mass is 434 g/mol. The molecule has 1 N–H and O–H groups in total. The van der Waals surface area contributed by atoms with Crippen molar-refractivity contribution in [3.8, 4) is 11.3 Å². The average Bonchev–Trinajstić information content (AvgIpc) is 2.98. The van der Waals surface area contributed by atoms with E-state index in [9.17, 15) is 4.79 Å². The first kappa shape index (κ1) is 16.1. The number of rotatable bonds is 4. The molecule has 0 aliphatic carbocycles. The number of halogens is 1. The number of anilines is 1. The van der Waals surface area contributed by atoms with Crippen molar-refractivity contribution in [1.82, 2.24) is 4.98 Å². The van der Waals surface area contributed by atoms with Crippen LogP contribution in [0.1, 0.15) is 10.6 Å². The van der Waals surface area contributed by atoms with Crippen LogP contribution in [0, 0.1) is 10.5 Å². The summed E-state index contributed by atoms with van der Waals surface area (Å²) >= 11 is 3.80. The van der Waals surface area contributed by atoms with E-state index >= 15 is 0 Å². The Bertz CT molecular complexity index is 827. The van der Waals surface area contributed by atoms with Crippen molar-refractivity contribution < 1.29 is 4.79 Å². The van der Waals surface area contributed by atoms with Gasteiger partial charge in [-0.1, -0.05) is 30.3 Å². The minimum atomic E-state index is -0.0391. The first-order chi connectivity index (χ1) is 11.1. The quantitative estimate of drug-likeness (QED) is 0.594. The largest absolute Gasteiger partial charge is 0.325 e. The van der Waals surface area contributed by atoms with E-state index < -0.39 is 0 Å². The van der Waals surface area contributed by atoms with Gasteiger partial charge in [0.1, 0.15) is 5.01 Å². The summed E-state index contributed by atoms with van der Waals surface area (Å²) in [5, 5.41) is 5.76. The molecule has 0 fully saturated rings. The number of hydrogen-bond acceptors (Lipinski definition) is 3. The highest BCUT2D eigenvalue weighted by Crippen LogP contribution is 2.23. The highest BCUT2D eigenvalue weighted by Gasteiger charge is 2.10. The summed E-state index contributed by atoms with van der Waals surface area (Å²) in [5.74, 6) is -0.0391. The zero-order chi connectivity index (χ0) is 16.2. The Labute approximate surface area is 152 Å². The molecule has 1 aromatic heterocycles.